The zero-order valence-corrected chi connectivity index (χ0v) is 24.1. The minimum atomic E-state index is -0.800. The SMILES string of the molecule is O=C(CC(CCCN1CCC(O)(c2ccc(Cl)cc2)CC1)(c1ccccc1)c1ccccc1)NC1CCNCC1. The maximum atomic E-state index is 13.6. The molecule has 0 atom stereocenters. The molecule has 0 saturated carbocycles. The number of halogens is 1. The van der Waals surface area contributed by atoms with E-state index in [1.807, 2.05) is 36.4 Å². The zero-order valence-electron chi connectivity index (χ0n) is 23.3. The van der Waals surface area contributed by atoms with Gasteiger partial charge in [-0.2, -0.15) is 0 Å². The van der Waals surface area contributed by atoms with E-state index in [1.54, 1.807) is 0 Å². The summed E-state index contributed by atoms with van der Waals surface area (Å²) in [6.07, 6.45) is 5.63. The summed E-state index contributed by atoms with van der Waals surface area (Å²) >= 11 is 6.06. The molecule has 6 heteroatoms. The summed E-state index contributed by atoms with van der Waals surface area (Å²) in [4.78, 5) is 16.0. The monoisotopic (exact) mass is 559 g/mol. The number of aliphatic hydroxyl groups is 1. The van der Waals surface area contributed by atoms with Gasteiger partial charge in [0.25, 0.3) is 0 Å². The van der Waals surface area contributed by atoms with Crippen LogP contribution < -0.4 is 10.6 Å². The fourth-order valence-corrected chi connectivity index (χ4v) is 6.71. The van der Waals surface area contributed by atoms with Gasteiger partial charge in [-0.25, -0.2) is 0 Å². The van der Waals surface area contributed by atoms with Gasteiger partial charge >= 0.3 is 0 Å². The van der Waals surface area contributed by atoms with E-state index in [-0.39, 0.29) is 11.9 Å². The van der Waals surface area contributed by atoms with Crippen molar-refractivity contribution in [2.24, 2.45) is 0 Å². The van der Waals surface area contributed by atoms with Crippen molar-refractivity contribution in [1.82, 2.24) is 15.5 Å². The molecule has 5 rings (SSSR count). The van der Waals surface area contributed by atoms with Gasteiger partial charge in [0, 0.05) is 36.0 Å². The van der Waals surface area contributed by atoms with Crippen molar-refractivity contribution < 1.29 is 9.90 Å². The number of benzene rings is 3. The van der Waals surface area contributed by atoms with E-state index in [4.69, 9.17) is 11.6 Å². The molecule has 2 heterocycles. The van der Waals surface area contributed by atoms with Crippen molar-refractivity contribution in [1.29, 1.82) is 0 Å². The fourth-order valence-electron chi connectivity index (χ4n) is 6.58. The molecule has 2 fully saturated rings. The fraction of sp³-hybridized carbons (Fsp3) is 0.441. The minimum absolute atomic E-state index is 0.130. The van der Waals surface area contributed by atoms with Crippen molar-refractivity contribution in [3.8, 4) is 0 Å². The van der Waals surface area contributed by atoms with E-state index in [2.05, 4.69) is 64.1 Å². The first-order chi connectivity index (χ1) is 19.5. The third-order valence-corrected chi connectivity index (χ3v) is 9.21. The number of rotatable bonds is 10. The number of hydrogen-bond acceptors (Lipinski definition) is 4. The van der Waals surface area contributed by atoms with Gasteiger partial charge in [-0.1, -0.05) is 84.4 Å². The molecule has 3 aromatic carbocycles. The second-order valence-corrected chi connectivity index (χ2v) is 12.0. The van der Waals surface area contributed by atoms with Crippen LogP contribution in [0, 0.1) is 0 Å². The highest BCUT2D eigenvalue weighted by atomic mass is 35.5. The molecule has 1 amide bonds. The van der Waals surface area contributed by atoms with Gasteiger partial charge in [-0.3, -0.25) is 4.79 Å². The maximum absolute atomic E-state index is 13.6. The Bertz CT molecular complexity index is 1170. The second-order valence-electron chi connectivity index (χ2n) is 11.6. The highest BCUT2D eigenvalue weighted by Gasteiger charge is 2.38. The quantitative estimate of drug-likeness (QED) is 0.300. The van der Waals surface area contributed by atoms with Gasteiger partial charge in [-0.15, -0.1) is 0 Å². The van der Waals surface area contributed by atoms with Crippen molar-refractivity contribution in [2.75, 3.05) is 32.7 Å². The van der Waals surface area contributed by atoms with Gasteiger partial charge in [-0.05, 0) is 87.0 Å². The summed E-state index contributed by atoms with van der Waals surface area (Å²) in [7, 11) is 0. The lowest BCUT2D eigenvalue weighted by Crippen LogP contribution is -2.45. The molecule has 3 N–H and O–H groups in total. The number of amides is 1. The topological polar surface area (TPSA) is 64.6 Å². The van der Waals surface area contributed by atoms with Crippen LogP contribution in [-0.4, -0.2) is 54.7 Å². The average Bonchev–Trinajstić information content (AvgIpc) is 2.99. The van der Waals surface area contributed by atoms with Gasteiger partial charge < -0.3 is 20.6 Å². The molecule has 0 aromatic heterocycles. The lowest BCUT2D eigenvalue weighted by Gasteiger charge is -2.40. The first-order valence-corrected chi connectivity index (χ1v) is 15.2. The average molecular weight is 560 g/mol. The van der Waals surface area contributed by atoms with Gasteiger partial charge in [0.15, 0.2) is 0 Å². The number of likely N-dealkylation sites (tertiary alicyclic amines) is 1. The predicted octanol–water partition coefficient (Wildman–Crippen LogP) is 5.65. The van der Waals surface area contributed by atoms with E-state index >= 15 is 0 Å². The molecular formula is C34H42ClN3O2. The Labute approximate surface area is 243 Å². The molecule has 0 aliphatic carbocycles. The largest absolute Gasteiger partial charge is 0.385 e. The van der Waals surface area contributed by atoms with Crippen LogP contribution in [0.15, 0.2) is 84.9 Å². The molecule has 5 nitrogen and oxygen atoms in total. The Morgan fingerprint density at radius 3 is 2.08 bits per heavy atom. The van der Waals surface area contributed by atoms with E-state index in [9.17, 15) is 9.90 Å². The maximum Gasteiger partial charge on any atom is 0.221 e. The van der Waals surface area contributed by atoms with Crippen LogP contribution >= 0.6 is 11.6 Å². The van der Waals surface area contributed by atoms with Crippen LogP contribution in [0.25, 0.3) is 0 Å². The lowest BCUT2D eigenvalue weighted by atomic mass is 9.68. The molecule has 3 aromatic rings. The van der Waals surface area contributed by atoms with Crippen LogP contribution in [-0.2, 0) is 15.8 Å². The molecule has 2 aliphatic heterocycles. The zero-order chi connectivity index (χ0) is 27.8. The smallest absolute Gasteiger partial charge is 0.221 e. The second kappa shape index (κ2) is 13.3. The minimum Gasteiger partial charge on any atom is -0.385 e. The first kappa shape index (κ1) is 28.8. The molecular weight excluding hydrogens is 518 g/mol. The predicted molar refractivity (Wildman–Crippen MR) is 163 cm³/mol. The van der Waals surface area contributed by atoms with Gasteiger partial charge in [0.05, 0.1) is 5.60 Å². The summed E-state index contributed by atoms with van der Waals surface area (Å²) in [6, 6.07) is 29.0. The summed E-state index contributed by atoms with van der Waals surface area (Å²) < 4.78 is 0. The number of carbonyl (C=O) groups excluding carboxylic acids is 1. The summed E-state index contributed by atoms with van der Waals surface area (Å²) in [6.45, 7) is 4.54. The van der Waals surface area contributed by atoms with E-state index in [0.29, 0.717) is 24.3 Å². The van der Waals surface area contributed by atoms with Crippen LogP contribution in [0.4, 0.5) is 0 Å². The number of hydrogen-bond donors (Lipinski definition) is 3. The van der Waals surface area contributed by atoms with Crippen molar-refractivity contribution >= 4 is 17.5 Å². The number of nitrogens with zero attached hydrogens (tertiary/aromatic N) is 1. The van der Waals surface area contributed by atoms with Crippen molar-refractivity contribution in [2.45, 2.75) is 62.0 Å². The molecule has 0 bridgehead atoms. The Morgan fingerprint density at radius 1 is 0.925 bits per heavy atom. The Kier molecular flexibility index (Phi) is 9.59. The molecule has 0 unspecified atom stereocenters. The van der Waals surface area contributed by atoms with E-state index in [0.717, 1.165) is 64.0 Å². The molecule has 212 valence electrons. The highest BCUT2D eigenvalue weighted by Crippen LogP contribution is 2.41. The van der Waals surface area contributed by atoms with Crippen LogP contribution in [0.5, 0.6) is 0 Å². The highest BCUT2D eigenvalue weighted by molar-refractivity contribution is 6.30. The Morgan fingerprint density at radius 2 is 1.50 bits per heavy atom. The summed E-state index contributed by atoms with van der Waals surface area (Å²) in [5.74, 6) is 0.130. The van der Waals surface area contributed by atoms with E-state index < -0.39 is 11.0 Å². The number of piperidine rings is 2. The van der Waals surface area contributed by atoms with Crippen LogP contribution in [0.2, 0.25) is 5.02 Å². The first-order valence-electron chi connectivity index (χ1n) is 14.8. The molecule has 40 heavy (non-hydrogen) atoms. The number of nitrogens with one attached hydrogen (secondary N) is 2. The standard InChI is InChI=1S/C34H42ClN3O2/c35-30-14-12-29(13-15-30)34(40)19-24-38(25-20-34)23-7-18-33(27-8-3-1-4-9-27,28-10-5-2-6-11-28)26-32(39)37-31-16-21-36-22-17-31/h1-6,8-15,31,36,40H,7,16-26H2,(H,37,39). The Hall–Kier alpha value is -2.70. The summed E-state index contributed by atoms with van der Waals surface area (Å²) in [5.41, 5.74) is 2.13. The molecule has 2 aliphatic rings. The van der Waals surface area contributed by atoms with Gasteiger partial charge in [0.2, 0.25) is 5.91 Å². The normalized spacial score (nSPS) is 18.4. The molecule has 0 spiro atoms. The third kappa shape index (κ3) is 6.95. The van der Waals surface area contributed by atoms with Crippen LogP contribution in [0.3, 0.4) is 0 Å². The lowest BCUT2D eigenvalue weighted by molar-refractivity contribution is -0.123. The van der Waals surface area contributed by atoms with Gasteiger partial charge in [0.1, 0.15) is 0 Å². The number of carbonyl (C=O) groups is 1. The molecule has 2 saturated heterocycles. The molecule has 0 radical (unpaired) electrons. The van der Waals surface area contributed by atoms with Crippen LogP contribution in [0.1, 0.15) is 61.6 Å². The van der Waals surface area contributed by atoms with E-state index in [1.165, 1.54) is 11.1 Å². The third-order valence-electron chi connectivity index (χ3n) is 8.96. The Balaban J connectivity index is 1.29. The van der Waals surface area contributed by atoms with Crippen molar-refractivity contribution in [3.05, 3.63) is 107 Å². The van der Waals surface area contributed by atoms with Crippen molar-refractivity contribution in [3.63, 3.8) is 0 Å². The summed E-state index contributed by atoms with van der Waals surface area (Å²) in [5, 5.41) is 18.8.